The Kier molecular flexibility index (Phi) is 5.10. The molecule has 164 valence electrons. The number of benzene rings is 1. The minimum Gasteiger partial charge on any atom is -0.378 e. The summed E-state index contributed by atoms with van der Waals surface area (Å²) in [5.74, 6) is -0.141. The SMILES string of the molecule is Cc1cc(N2CCOCC2)ncc1C(=O)Nn1nc(C(N)=O)c2c1-c1ccccc1CC2. The monoisotopic (exact) mass is 432 g/mol. The Morgan fingerprint density at radius 1 is 1.16 bits per heavy atom. The number of ether oxygens (including phenoxy) is 1. The number of carbonyl (C=O) groups excluding carboxylic acids is 2. The van der Waals surface area contributed by atoms with E-state index in [1.807, 2.05) is 37.3 Å². The van der Waals surface area contributed by atoms with Gasteiger partial charge in [0.15, 0.2) is 5.69 Å². The van der Waals surface area contributed by atoms with Crippen molar-refractivity contribution in [3.8, 4) is 11.3 Å². The second-order valence-corrected chi connectivity index (χ2v) is 8.01. The van der Waals surface area contributed by atoms with Crippen LogP contribution >= 0.6 is 0 Å². The average molecular weight is 432 g/mol. The van der Waals surface area contributed by atoms with E-state index in [1.165, 1.54) is 4.79 Å². The maximum Gasteiger partial charge on any atom is 0.273 e. The maximum absolute atomic E-state index is 13.1. The molecule has 2 aliphatic rings. The Morgan fingerprint density at radius 2 is 1.94 bits per heavy atom. The second kappa shape index (κ2) is 8.08. The quantitative estimate of drug-likeness (QED) is 0.648. The average Bonchev–Trinajstić information content (AvgIpc) is 3.18. The zero-order valence-corrected chi connectivity index (χ0v) is 17.8. The fourth-order valence-electron chi connectivity index (χ4n) is 4.37. The summed E-state index contributed by atoms with van der Waals surface area (Å²) in [4.78, 5) is 33.1. The maximum atomic E-state index is 13.1. The number of nitrogens with zero attached hydrogens (tertiary/aromatic N) is 4. The molecule has 0 atom stereocenters. The molecule has 3 heterocycles. The summed E-state index contributed by atoms with van der Waals surface area (Å²) in [5, 5.41) is 4.34. The van der Waals surface area contributed by atoms with Gasteiger partial charge in [-0.2, -0.15) is 4.79 Å². The summed E-state index contributed by atoms with van der Waals surface area (Å²) in [6, 6.07) is 9.81. The van der Waals surface area contributed by atoms with Crippen LogP contribution in [0.2, 0.25) is 0 Å². The van der Waals surface area contributed by atoms with Crippen LogP contribution in [-0.4, -0.2) is 53.0 Å². The third-order valence-corrected chi connectivity index (χ3v) is 6.02. The van der Waals surface area contributed by atoms with E-state index in [-0.39, 0.29) is 11.6 Å². The van der Waals surface area contributed by atoms with Gasteiger partial charge in [0.05, 0.1) is 24.5 Å². The summed E-state index contributed by atoms with van der Waals surface area (Å²) in [7, 11) is 0. The summed E-state index contributed by atoms with van der Waals surface area (Å²) >= 11 is 0. The molecule has 32 heavy (non-hydrogen) atoms. The molecule has 1 fully saturated rings. The van der Waals surface area contributed by atoms with Crippen LogP contribution in [0.3, 0.4) is 0 Å². The van der Waals surface area contributed by atoms with E-state index in [0.717, 1.165) is 47.6 Å². The van der Waals surface area contributed by atoms with Crippen molar-refractivity contribution in [2.45, 2.75) is 19.8 Å². The largest absolute Gasteiger partial charge is 0.378 e. The minimum absolute atomic E-state index is 0.187. The number of nitrogens with two attached hydrogens (primary N) is 1. The van der Waals surface area contributed by atoms with Crippen LogP contribution in [0, 0.1) is 6.92 Å². The number of nitrogens with one attached hydrogen (secondary N) is 1. The zero-order valence-electron chi connectivity index (χ0n) is 17.8. The summed E-state index contributed by atoms with van der Waals surface area (Å²) in [6.45, 7) is 4.75. The number of hydrogen-bond acceptors (Lipinski definition) is 6. The Hall–Kier alpha value is -3.72. The predicted molar refractivity (Wildman–Crippen MR) is 119 cm³/mol. The fraction of sp³-hybridized carbons (Fsp3) is 0.304. The van der Waals surface area contributed by atoms with Crippen LogP contribution in [0.4, 0.5) is 5.82 Å². The molecular weight excluding hydrogens is 408 g/mol. The van der Waals surface area contributed by atoms with Crippen LogP contribution < -0.4 is 16.1 Å². The van der Waals surface area contributed by atoms with Crippen molar-refractivity contribution in [2.75, 3.05) is 36.6 Å². The van der Waals surface area contributed by atoms with Crippen molar-refractivity contribution in [1.82, 2.24) is 14.9 Å². The van der Waals surface area contributed by atoms with E-state index < -0.39 is 5.91 Å². The number of rotatable bonds is 4. The molecule has 0 bridgehead atoms. The molecule has 1 aliphatic carbocycles. The molecule has 2 amide bonds. The standard InChI is InChI=1S/C23H24N6O3/c1-14-12-19(28-8-10-32-11-9-28)25-13-18(14)23(31)27-29-21-16-5-3-2-4-15(16)6-7-17(21)20(26-29)22(24)30/h2-5,12-13H,6-11H2,1H3,(H2,24,30)(H,27,31). The van der Waals surface area contributed by atoms with E-state index in [0.29, 0.717) is 30.9 Å². The van der Waals surface area contributed by atoms with Crippen molar-refractivity contribution in [2.24, 2.45) is 5.73 Å². The van der Waals surface area contributed by atoms with Crippen molar-refractivity contribution >= 4 is 17.6 Å². The van der Waals surface area contributed by atoms with E-state index >= 15 is 0 Å². The highest BCUT2D eigenvalue weighted by Gasteiger charge is 2.28. The first-order valence-electron chi connectivity index (χ1n) is 10.6. The first-order valence-corrected chi connectivity index (χ1v) is 10.6. The number of morpholine rings is 1. The van der Waals surface area contributed by atoms with Crippen LogP contribution in [0.5, 0.6) is 0 Å². The van der Waals surface area contributed by atoms with Gasteiger partial charge in [-0.15, -0.1) is 5.10 Å². The van der Waals surface area contributed by atoms with Gasteiger partial charge in [0, 0.05) is 30.4 Å². The van der Waals surface area contributed by atoms with E-state index in [9.17, 15) is 9.59 Å². The van der Waals surface area contributed by atoms with Gasteiger partial charge in [-0.25, -0.2) is 10.4 Å². The molecule has 3 aromatic rings. The topological polar surface area (TPSA) is 115 Å². The van der Waals surface area contributed by atoms with Gasteiger partial charge in [-0.05, 0) is 37.0 Å². The molecule has 1 aromatic carbocycles. The van der Waals surface area contributed by atoms with Crippen molar-refractivity contribution in [3.63, 3.8) is 0 Å². The number of amides is 2. The lowest BCUT2D eigenvalue weighted by atomic mass is 9.89. The number of aryl methyl sites for hydroxylation is 2. The lowest BCUT2D eigenvalue weighted by Gasteiger charge is -2.28. The normalized spacial score (nSPS) is 15.1. The first kappa shape index (κ1) is 20.2. The third-order valence-electron chi connectivity index (χ3n) is 6.02. The molecule has 1 saturated heterocycles. The van der Waals surface area contributed by atoms with Crippen molar-refractivity contribution < 1.29 is 14.3 Å². The van der Waals surface area contributed by atoms with Gasteiger partial charge < -0.3 is 15.4 Å². The molecule has 0 unspecified atom stereocenters. The highest BCUT2D eigenvalue weighted by atomic mass is 16.5. The van der Waals surface area contributed by atoms with E-state index in [2.05, 4.69) is 20.4 Å². The van der Waals surface area contributed by atoms with E-state index in [4.69, 9.17) is 10.5 Å². The molecule has 2 aromatic heterocycles. The van der Waals surface area contributed by atoms with Gasteiger partial charge in [-0.1, -0.05) is 24.3 Å². The summed E-state index contributed by atoms with van der Waals surface area (Å²) in [5.41, 5.74) is 13.4. The summed E-state index contributed by atoms with van der Waals surface area (Å²) < 4.78 is 5.39. The lowest BCUT2D eigenvalue weighted by molar-refractivity contribution is 0.0983. The molecular formula is C23H24N6O3. The van der Waals surface area contributed by atoms with Gasteiger partial charge in [0.2, 0.25) is 0 Å². The smallest absolute Gasteiger partial charge is 0.273 e. The van der Waals surface area contributed by atoms with E-state index in [1.54, 1.807) is 6.20 Å². The Morgan fingerprint density at radius 3 is 2.69 bits per heavy atom. The lowest BCUT2D eigenvalue weighted by Crippen LogP contribution is -2.37. The number of carbonyl (C=O) groups is 2. The van der Waals surface area contributed by atoms with Crippen molar-refractivity contribution in [1.29, 1.82) is 0 Å². The Bertz CT molecular complexity index is 1210. The van der Waals surface area contributed by atoms with Crippen LogP contribution in [0.1, 0.15) is 37.5 Å². The summed E-state index contributed by atoms with van der Waals surface area (Å²) in [6.07, 6.45) is 3.00. The fourth-order valence-corrected chi connectivity index (χ4v) is 4.37. The van der Waals surface area contributed by atoms with Crippen LogP contribution in [-0.2, 0) is 17.6 Å². The zero-order chi connectivity index (χ0) is 22.2. The van der Waals surface area contributed by atoms with Gasteiger partial charge >= 0.3 is 0 Å². The third kappa shape index (κ3) is 3.50. The Balaban J connectivity index is 1.47. The number of primary amides is 1. The number of pyridine rings is 1. The number of anilines is 1. The molecule has 9 nitrogen and oxygen atoms in total. The van der Waals surface area contributed by atoms with Gasteiger partial charge in [0.25, 0.3) is 11.8 Å². The first-order chi connectivity index (χ1) is 15.5. The minimum atomic E-state index is -0.610. The molecule has 1 aliphatic heterocycles. The molecule has 5 rings (SSSR count). The predicted octanol–water partition coefficient (Wildman–Crippen LogP) is 1.67. The van der Waals surface area contributed by atoms with Crippen LogP contribution in [0.15, 0.2) is 36.5 Å². The van der Waals surface area contributed by atoms with Gasteiger partial charge in [-0.3, -0.25) is 9.59 Å². The molecule has 9 heteroatoms. The second-order valence-electron chi connectivity index (χ2n) is 8.01. The number of aromatic nitrogens is 3. The number of fused-ring (bicyclic) bond motifs is 3. The van der Waals surface area contributed by atoms with Crippen molar-refractivity contribution in [3.05, 3.63) is 64.5 Å². The highest BCUT2D eigenvalue weighted by Crippen LogP contribution is 2.34. The molecule has 0 radical (unpaired) electrons. The Labute approximate surface area is 185 Å². The van der Waals surface area contributed by atoms with Gasteiger partial charge in [0.1, 0.15) is 5.82 Å². The highest BCUT2D eigenvalue weighted by molar-refractivity contribution is 6.02. The molecule has 0 saturated carbocycles. The molecule has 3 N–H and O–H groups in total. The number of hydrogen-bond donors (Lipinski definition) is 2. The van der Waals surface area contributed by atoms with Crippen LogP contribution in [0.25, 0.3) is 11.3 Å². The molecule has 0 spiro atoms.